The van der Waals surface area contributed by atoms with Crippen molar-refractivity contribution in [1.82, 2.24) is 19.9 Å². The zero-order valence-electron chi connectivity index (χ0n) is 15.6. The van der Waals surface area contributed by atoms with Crippen molar-refractivity contribution in [3.63, 3.8) is 0 Å². The molecule has 148 valence electrons. The molecule has 0 aliphatic carbocycles. The average molecular weight is 395 g/mol. The lowest BCUT2D eigenvalue weighted by atomic mass is 9.97. The molecule has 3 heterocycles. The van der Waals surface area contributed by atoms with Crippen LogP contribution >= 0.6 is 0 Å². The Labute approximate surface area is 165 Å². The van der Waals surface area contributed by atoms with Crippen molar-refractivity contribution in [2.24, 2.45) is 0 Å². The molecule has 2 N–H and O–H groups in total. The lowest BCUT2D eigenvalue weighted by Crippen LogP contribution is -2.43. The molecule has 0 saturated heterocycles. The van der Waals surface area contributed by atoms with Crippen LogP contribution in [-0.2, 0) is 11.2 Å². The van der Waals surface area contributed by atoms with Crippen LogP contribution in [0.4, 0.5) is 14.9 Å². The van der Waals surface area contributed by atoms with Gasteiger partial charge in [0.2, 0.25) is 0 Å². The zero-order valence-corrected chi connectivity index (χ0v) is 15.6. The van der Waals surface area contributed by atoms with Gasteiger partial charge in [-0.3, -0.25) is 4.98 Å². The number of anilines is 1. The molecule has 4 rings (SSSR count). The summed E-state index contributed by atoms with van der Waals surface area (Å²) < 4.78 is 18.3. The Balaban J connectivity index is 1.67. The monoisotopic (exact) mass is 395 g/mol. The highest BCUT2D eigenvalue weighted by molar-refractivity contribution is 6.01. The molecule has 0 saturated carbocycles. The van der Waals surface area contributed by atoms with Gasteiger partial charge in [0.05, 0.1) is 30.4 Å². The van der Waals surface area contributed by atoms with E-state index in [1.807, 2.05) is 12.1 Å². The summed E-state index contributed by atoms with van der Waals surface area (Å²) in [7, 11) is 1.20. The molecule has 29 heavy (non-hydrogen) atoms. The Morgan fingerprint density at radius 2 is 2.07 bits per heavy atom. The van der Waals surface area contributed by atoms with E-state index in [9.17, 15) is 14.0 Å². The van der Waals surface area contributed by atoms with E-state index in [4.69, 9.17) is 4.74 Å². The quantitative estimate of drug-likeness (QED) is 0.664. The van der Waals surface area contributed by atoms with E-state index in [0.717, 1.165) is 23.0 Å². The number of carbonyl (C=O) groups excluding carboxylic acids is 2. The van der Waals surface area contributed by atoms with Gasteiger partial charge < -0.3 is 19.9 Å². The number of nitrogens with zero attached hydrogens (tertiary/aromatic N) is 3. The number of methoxy groups -OCH3 is 1. The van der Waals surface area contributed by atoms with Crippen LogP contribution in [0.3, 0.4) is 0 Å². The maximum Gasteiger partial charge on any atom is 0.340 e. The van der Waals surface area contributed by atoms with Gasteiger partial charge in [-0.1, -0.05) is 0 Å². The largest absolute Gasteiger partial charge is 0.465 e. The Bertz CT molecular complexity index is 1050. The Morgan fingerprint density at radius 1 is 1.28 bits per heavy atom. The van der Waals surface area contributed by atoms with E-state index in [1.165, 1.54) is 19.2 Å². The van der Waals surface area contributed by atoms with Crippen LogP contribution in [0.2, 0.25) is 0 Å². The van der Waals surface area contributed by atoms with Crippen LogP contribution < -0.4 is 5.32 Å². The number of hydrogen-bond donors (Lipinski definition) is 2. The first kappa shape index (κ1) is 18.6. The molecule has 1 aromatic carbocycles. The van der Waals surface area contributed by atoms with Crippen molar-refractivity contribution in [3.05, 3.63) is 77.4 Å². The zero-order chi connectivity index (χ0) is 20.4. The predicted octanol–water partition coefficient (Wildman–Crippen LogP) is 2.91. The number of aromatic nitrogens is 3. The molecule has 0 spiro atoms. The molecule has 1 aliphatic rings. The van der Waals surface area contributed by atoms with Gasteiger partial charge in [0.15, 0.2) is 0 Å². The first-order chi connectivity index (χ1) is 14.1. The minimum absolute atomic E-state index is 0.0567. The molecule has 1 aliphatic heterocycles. The number of urea groups is 1. The Hall–Kier alpha value is -3.75. The van der Waals surface area contributed by atoms with Crippen LogP contribution in [-0.4, -0.2) is 45.5 Å². The molecule has 9 heteroatoms. The second-order valence-corrected chi connectivity index (χ2v) is 6.50. The number of H-pyrrole nitrogens is 1. The Morgan fingerprint density at radius 3 is 2.83 bits per heavy atom. The summed E-state index contributed by atoms with van der Waals surface area (Å²) in [5.41, 5.74) is 2.69. The summed E-state index contributed by atoms with van der Waals surface area (Å²) in [6.07, 6.45) is 5.52. The number of amides is 2. The van der Waals surface area contributed by atoms with Gasteiger partial charge in [-0.25, -0.2) is 19.0 Å². The fraction of sp³-hybridized carbons (Fsp3) is 0.200. The number of esters is 1. The van der Waals surface area contributed by atoms with Gasteiger partial charge in [-0.05, 0) is 35.9 Å². The van der Waals surface area contributed by atoms with Gasteiger partial charge in [0, 0.05) is 31.1 Å². The van der Waals surface area contributed by atoms with Gasteiger partial charge in [-0.2, -0.15) is 0 Å². The first-order valence-corrected chi connectivity index (χ1v) is 8.96. The number of nitrogens with one attached hydrogen (secondary N) is 2. The molecule has 3 aromatic rings. The van der Waals surface area contributed by atoms with Crippen molar-refractivity contribution in [1.29, 1.82) is 0 Å². The number of imidazole rings is 1. The lowest BCUT2D eigenvalue weighted by molar-refractivity contribution is 0.0601. The second-order valence-electron chi connectivity index (χ2n) is 6.50. The molecule has 2 aromatic heterocycles. The van der Waals surface area contributed by atoms with Crippen molar-refractivity contribution in [2.75, 3.05) is 19.0 Å². The number of hydrogen-bond acceptors (Lipinski definition) is 5. The first-order valence-electron chi connectivity index (χ1n) is 8.96. The van der Waals surface area contributed by atoms with Crippen LogP contribution in [0, 0.1) is 5.82 Å². The maximum absolute atomic E-state index is 13.6. The highest BCUT2D eigenvalue weighted by atomic mass is 19.1. The predicted molar refractivity (Wildman–Crippen MR) is 102 cm³/mol. The minimum Gasteiger partial charge on any atom is -0.465 e. The van der Waals surface area contributed by atoms with Gasteiger partial charge in [0.25, 0.3) is 0 Å². The molecule has 1 atom stereocenters. The standard InChI is InChI=1S/C20H18FN5O3/c1-29-19(27)14-10-13(21)2-3-15(14)25-20(28)26-9-6-16-17(24-11-23-16)18(26)12-4-7-22-8-5-12/h2-5,7-8,10-11,18H,6,9H2,1H3,(H,23,24)(H,25,28)/t18-/m1/s1. The van der Waals surface area contributed by atoms with Crippen LogP contribution in [0.1, 0.15) is 33.4 Å². The summed E-state index contributed by atoms with van der Waals surface area (Å²) in [4.78, 5) is 38.3. The lowest BCUT2D eigenvalue weighted by Gasteiger charge is -2.35. The van der Waals surface area contributed by atoms with Crippen molar-refractivity contribution in [2.45, 2.75) is 12.5 Å². The third-order valence-electron chi connectivity index (χ3n) is 4.84. The van der Waals surface area contributed by atoms with Crippen LogP contribution in [0.5, 0.6) is 0 Å². The summed E-state index contributed by atoms with van der Waals surface area (Å²) in [6, 6.07) is 6.34. The van der Waals surface area contributed by atoms with Crippen LogP contribution in [0.15, 0.2) is 49.1 Å². The Kier molecular flexibility index (Phi) is 4.94. The highest BCUT2D eigenvalue weighted by Gasteiger charge is 2.34. The molecular weight excluding hydrogens is 377 g/mol. The third kappa shape index (κ3) is 3.54. The average Bonchev–Trinajstić information content (AvgIpc) is 3.23. The van der Waals surface area contributed by atoms with Crippen molar-refractivity contribution in [3.8, 4) is 0 Å². The number of aromatic amines is 1. The van der Waals surface area contributed by atoms with E-state index >= 15 is 0 Å². The van der Waals surface area contributed by atoms with Crippen LogP contribution in [0.25, 0.3) is 0 Å². The van der Waals surface area contributed by atoms with E-state index in [0.29, 0.717) is 13.0 Å². The SMILES string of the molecule is COC(=O)c1cc(F)ccc1NC(=O)N1CCc2[nH]cnc2[C@H]1c1ccncc1. The van der Waals surface area contributed by atoms with Gasteiger partial charge in [-0.15, -0.1) is 0 Å². The summed E-state index contributed by atoms with van der Waals surface area (Å²) in [5.74, 6) is -1.34. The van der Waals surface area contributed by atoms with E-state index in [1.54, 1.807) is 23.6 Å². The molecule has 8 nitrogen and oxygen atoms in total. The molecule has 0 bridgehead atoms. The summed E-state index contributed by atoms with van der Waals surface area (Å²) in [6.45, 7) is 0.433. The normalized spacial score (nSPS) is 15.5. The third-order valence-corrected chi connectivity index (χ3v) is 4.84. The van der Waals surface area contributed by atoms with Gasteiger partial charge >= 0.3 is 12.0 Å². The summed E-state index contributed by atoms with van der Waals surface area (Å²) in [5, 5.41) is 2.71. The second kappa shape index (κ2) is 7.70. The molecule has 2 amide bonds. The fourth-order valence-corrected chi connectivity index (χ4v) is 3.47. The van der Waals surface area contributed by atoms with Crippen molar-refractivity contribution < 1.29 is 18.7 Å². The maximum atomic E-state index is 13.6. The molecule has 0 unspecified atom stereocenters. The number of benzene rings is 1. The smallest absolute Gasteiger partial charge is 0.340 e. The van der Waals surface area contributed by atoms with E-state index in [-0.39, 0.29) is 11.3 Å². The number of carbonyl (C=O) groups is 2. The highest BCUT2D eigenvalue weighted by Crippen LogP contribution is 2.33. The summed E-state index contributed by atoms with van der Waals surface area (Å²) >= 11 is 0. The molecular formula is C20H18FN5O3. The van der Waals surface area contributed by atoms with Gasteiger partial charge in [0.1, 0.15) is 11.9 Å². The minimum atomic E-state index is -0.737. The topological polar surface area (TPSA) is 100 Å². The number of rotatable bonds is 3. The number of fused-ring (bicyclic) bond motifs is 1. The fourth-order valence-electron chi connectivity index (χ4n) is 3.47. The van der Waals surface area contributed by atoms with Crippen molar-refractivity contribution >= 4 is 17.7 Å². The van der Waals surface area contributed by atoms with E-state index in [2.05, 4.69) is 20.3 Å². The van der Waals surface area contributed by atoms with E-state index < -0.39 is 23.9 Å². The molecule has 0 radical (unpaired) electrons. The number of ether oxygens (including phenoxy) is 1. The number of halogens is 1. The molecule has 0 fully saturated rings. The number of pyridine rings is 1.